The summed E-state index contributed by atoms with van der Waals surface area (Å²) in [6, 6.07) is 0.426. The Balaban J connectivity index is 2.41. The highest BCUT2D eigenvalue weighted by molar-refractivity contribution is 7.91. The Morgan fingerprint density at radius 2 is 2.14 bits per heavy atom. The molecular formula is C13H27N3O4S. The quantitative estimate of drug-likeness (QED) is 0.505. The molecule has 1 heterocycles. The number of primary amides is 1. The lowest BCUT2D eigenvalue weighted by Gasteiger charge is -2.25. The van der Waals surface area contributed by atoms with Gasteiger partial charge in [0.25, 0.3) is 0 Å². The first kappa shape index (κ1) is 18.3. The lowest BCUT2D eigenvalue weighted by molar-refractivity contribution is -0.117. The third-order valence-corrected chi connectivity index (χ3v) is 5.26. The molecular weight excluding hydrogens is 294 g/mol. The SMILES string of the molecule is COCCN(CCS(=O)(=O)CCC(N)=O)CC1CCCN1. The standard InChI is InChI=1S/C13H27N3O4S/c1-20-8-6-16(11-12-3-2-5-15-12)7-10-21(18,19)9-4-13(14)17/h12,15H,2-11H2,1H3,(H2,14,17). The van der Waals surface area contributed by atoms with Crippen LogP contribution in [0.2, 0.25) is 0 Å². The van der Waals surface area contributed by atoms with Gasteiger partial charge in [0.05, 0.1) is 18.1 Å². The fourth-order valence-corrected chi connectivity index (χ4v) is 3.62. The highest BCUT2D eigenvalue weighted by Gasteiger charge is 2.20. The molecule has 1 unspecified atom stereocenters. The molecule has 1 aliphatic heterocycles. The van der Waals surface area contributed by atoms with Gasteiger partial charge in [-0.2, -0.15) is 0 Å². The number of rotatable bonds is 11. The normalized spacial score (nSPS) is 19.2. The van der Waals surface area contributed by atoms with Gasteiger partial charge in [-0.3, -0.25) is 9.69 Å². The lowest BCUT2D eigenvalue weighted by Crippen LogP contribution is -2.41. The van der Waals surface area contributed by atoms with Gasteiger partial charge in [0.2, 0.25) is 5.91 Å². The van der Waals surface area contributed by atoms with E-state index in [1.165, 1.54) is 6.42 Å². The van der Waals surface area contributed by atoms with Crippen molar-refractivity contribution >= 4 is 15.7 Å². The van der Waals surface area contributed by atoms with Gasteiger partial charge in [-0.05, 0) is 19.4 Å². The number of sulfone groups is 1. The molecule has 0 radical (unpaired) electrons. The number of hydrogen-bond acceptors (Lipinski definition) is 6. The number of nitrogens with one attached hydrogen (secondary N) is 1. The summed E-state index contributed by atoms with van der Waals surface area (Å²) in [4.78, 5) is 12.8. The Hall–Kier alpha value is -0.700. The summed E-state index contributed by atoms with van der Waals surface area (Å²) >= 11 is 0. The Morgan fingerprint density at radius 1 is 1.38 bits per heavy atom. The summed E-state index contributed by atoms with van der Waals surface area (Å²) in [6.45, 7) is 3.60. The summed E-state index contributed by atoms with van der Waals surface area (Å²) < 4.78 is 28.8. The molecule has 1 saturated heterocycles. The highest BCUT2D eigenvalue weighted by atomic mass is 32.2. The molecule has 1 atom stereocenters. The molecule has 0 aromatic carbocycles. The molecule has 1 amide bonds. The number of carbonyl (C=O) groups is 1. The molecule has 21 heavy (non-hydrogen) atoms. The minimum Gasteiger partial charge on any atom is -0.383 e. The Morgan fingerprint density at radius 3 is 2.71 bits per heavy atom. The predicted octanol–water partition coefficient (Wildman–Crippen LogP) is -1.02. The van der Waals surface area contributed by atoms with Crippen molar-refractivity contribution < 1.29 is 17.9 Å². The fourth-order valence-electron chi connectivity index (χ4n) is 2.37. The maximum atomic E-state index is 11.9. The van der Waals surface area contributed by atoms with Crippen LogP contribution in [0.4, 0.5) is 0 Å². The van der Waals surface area contributed by atoms with E-state index in [1.807, 2.05) is 0 Å². The average molecular weight is 321 g/mol. The van der Waals surface area contributed by atoms with E-state index >= 15 is 0 Å². The number of nitrogens with two attached hydrogens (primary N) is 1. The zero-order valence-corrected chi connectivity index (χ0v) is 13.5. The van der Waals surface area contributed by atoms with E-state index in [4.69, 9.17) is 10.5 Å². The van der Waals surface area contributed by atoms with Crippen LogP contribution in [0.15, 0.2) is 0 Å². The Bertz CT molecular complexity index is 408. The van der Waals surface area contributed by atoms with Crippen molar-refractivity contribution in [3.8, 4) is 0 Å². The van der Waals surface area contributed by atoms with Crippen LogP contribution < -0.4 is 11.1 Å². The topological polar surface area (TPSA) is 102 Å². The Kier molecular flexibility index (Phi) is 8.16. The van der Waals surface area contributed by atoms with Crippen LogP contribution in [0, 0.1) is 0 Å². The van der Waals surface area contributed by atoms with Gasteiger partial charge >= 0.3 is 0 Å². The van der Waals surface area contributed by atoms with Crippen LogP contribution in [0.5, 0.6) is 0 Å². The van der Waals surface area contributed by atoms with Gasteiger partial charge in [-0.25, -0.2) is 8.42 Å². The number of amides is 1. The number of ether oxygens (including phenoxy) is 1. The maximum absolute atomic E-state index is 11.9. The molecule has 0 saturated carbocycles. The van der Waals surface area contributed by atoms with E-state index in [0.29, 0.717) is 25.7 Å². The molecule has 0 spiro atoms. The van der Waals surface area contributed by atoms with Crippen LogP contribution >= 0.6 is 0 Å². The van der Waals surface area contributed by atoms with Gasteiger partial charge in [0.1, 0.15) is 0 Å². The van der Waals surface area contributed by atoms with E-state index in [-0.39, 0.29) is 17.9 Å². The summed E-state index contributed by atoms with van der Waals surface area (Å²) in [6.07, 6.45) is 2.18. The summed E-state index contributed by atoms with van der Waals surface area (Å²) in [5.41, 5.74) is 4.99. The highest BCUT2D eigenvalue weighted by Crippen LogP contribution is 2.07. The second-order valence-corrected chi connectivity index (χ2v) is 7.76. The number of methoxy groups -OCH3 is 1. The third-order valence-electron chi connectivity index (χ3n) is 3.63. The van der Waals surface area contributed by atoms with E-state index in [0.717, 1.165) is 19.5 Å². The van der Waals surface area contributed by atoms with E-state index in [1.54, 1.807) is 7.11 Å². The van der Waals surface area contributed by atoms with Crippen molar-refractivity contribution in [2.75, 3.05) is 51.4 Å². The molecule has 0 bridgehead atoms. The van der Waals surface area contributed by atoms with Crippen molar-refractivity contribution in [2.24, 2.45) is 5.73 Å². The number of hydrogen-bond donors (Lipinski definition) is 2. The number of carbonyl (C=O) groups excluding carboxylic acids is 1. The smallest absolute Gasteiger partial charge is 0.218 e. The fraction of sp³-hybridized carbons (Fsp3) is 0.923. The second-order valence-electron chi connectivity index (χ2n) is 5.45. The van der Waals surface area contributed by atoms with E-state index in [2.05, 4.69) is 10.2 Å². The van der Waals surface area contributed by atoms with Crippen LogP contribution in [-0.2, 0) is 19.4 Å². The minimum absolute atomic E-state index is 0.0523. The molecule has 0 aliphatic carbocycles. The molecule has 1 aliphatic rings. The summed E-state index contributed by atoms with van der Waals surface area (Å²) in [5, 5.41) is 3.41. The molecule has 3 N–H and O–H groups in total. The van der Waals surface area contributed by atoms with Crippen molar-refractivity contribution in [3.05, 3.63) is 0 Å². The largest absolute Gasteiger partial charge is 0.383 e. The summed E-state index contributed by atoms with van der Waals surface area (Å²) in [7, 11) is -1.60. The average Bonchev–Trinajstić information content (AvgIpc) is 2.93. The van der Waals surface area contributed by atoms with Gasteiger partial charge in [0.15, 0.2) is 9.84 Å². The zero-order chi connectivity index (χ0) is 15.7. The minimum atomic E-state index is -3.23. The number of nitrogens with zero attached hydrogens (tertiary/aromatic N) is 1. The van der Waals surface area contributed by atoms with Crippen LogP contribution in [0.3, 0.4) is 0 Å². The molecule has 1 fully saturated rings. The third kappa shape index (κ3) is 8.35. The second kappa shape index (κ2) is 9.34. The maximum Gasteiger partial charge on any atom is 0.218 e. The van der Waals surface area contributed by atoms with Crippen molar-refractivity contribution in [2.45, 2.75) is 25.3 Å². The van der Waals surface area contributed by atoms with Gasteiger partial charge in [-0.1, -0.05) is 0 Å². The van der Waals surface area contributed by atoms with Crippen molar-refractivity contribution in [1.29, 1.82) is 0 Å². The predicted molar refractivity (Wildman–Crippen MR) is 81.8 cm³/mol. The first-order valence-electron chi connectivity index (χ1n) is 7.36. The molecule has 124 valence electrons. The first-order chi connectivity index (χ1) is 9.93. The van der Waals surface area contributed by atoms with Gasteiger partial charge in [0, 0.05) is 39.2 Å². The monoisotopic (exact) mass is 321 g/mol. The molecule has 1 rings (SSSR count). The van der Waals surface area contributed by atoms with Gasteiger partial charge < -0.3 is 15.8 Å². The van der Waals surface area contributed by atoms with Gasteiger partial charge in [-0.15, -0.1) is 0 Å². The van der Waals surface area contributed by atoms with E-state index in [9.17, 15) is 13.2 Å². The summed E-state index contributed by atoms with van der Waals surface area (Å²) in [5.74, 6) is -0.691. The van der Waals surface area contributed by atoms with Crippen LogP contribution in [0.1, 0.15) is 19.3 Å². The van der Waals surface area contributed by atoms with E-state index < -0.39 is 15.7 Å². The lowest BCUT2D eigenvalue weighted by atomic mass is 10.2. The Labute approximate surface area is 127 Å². The molecule has 8 heteroatoms. The molecule has 7 nitrogen and oxygen atoms in total. The van der Waals surface area contributed by atoms with Crippen molar-refractivity contribution in [3.63, 3.8) is 0 Å². The zero-order valence-electron chi connectivity index (χ0n) is 12.7. The first-order valence-corrected chi connectivity index (χ1v) is 9.18. The molecule has 0 aromatic heterocycles. The molecule has 0 aromatic rings. The van der Waals surface area contributed by atoms with Crippen molar-refractivity contribution in [1.82, 2.24) is 10.2 Å². The van der Waals surface area contributed by atoms with Crippen LogP contribution in [-0.4, -0.2) is 76.7 Å². The van der Waals surface area contributed by atoms with Crippen LogP contribution in [0.25, 0.3) is 0 Å².